The Bertz CT molecular complexity index is 1090. The highest BCUT2D eigenvalue weighted by Gasteiger charge is 2.54. The molecular formula is C22H25N5O3. The normalized spacial score (nSPS) is 19.9. The van der Waals surface area contributed by atoms with Crippen molar-refractivity contribution in [1.29, 1.82) is 0 Å². The van der Waals surface area contributed by atoms with Crippen LogP contribution in [0, 0.1) is 18.3 Å². The number of nitrogens with zero attached hydrogens (tertiary/aromatic N) is 4. The number of aromatic nitrogens is 3. The van der Waals surface area contributed by atoms with E-state index >= 15 is 0 Å². The van der Waals surface area contributed by atoms with Crippen molar-refractivity contribution < 1.29 is 14.0 Å². The maximum atomic E-state index is 12.8. The van der Waals surface area contributed by atoms with Crippen LogP contribution in [-0.4, -0.2) is 51.1 Å². The van der Waals surface area contributed by atoms with Crippen LogP contribution in [0.5, 0.6) is 0 Å². The molecule has 1 spiro atoms. The third kappa shape index (κ3) is 3.26. The average molecular weight is 407 g/mol. The Hall–Kier alpha value is -3.16. The fourth-order valence-electron chi connectivity index (χ4n) is 4.77. The van der Waals surface area contributed by atoms with Gasteiger partial charge in [-0.2, -0.15) is 5.10 Å². The van der Waals surface area contributed by atoms with Crippen molar-refractivity contribution in [2.75, 3.05) is 19.6 Å². The Morgan fingerprint density at radius 3 is 2.83 bits per heavy atom. The average Bonchev–Trinajstić information content (AvgIpc) is 3.07. The topological polar surface area (TPSA) is 93.3 Å². The minimum atomic E-state index is -0.187. The Balaban J connectivity index is 1.14. The summed E-state index contributed by atoms with van der Waals surface area (Å²) in [7, 11) is 1.83. The van der Waals surface area contributed by atoms with E-state index in [2.05, 4.69) is 15.4 Å². The van der Waals surface area contributed by atoms with E-state index in [4.69, 9.17) is 4.42 Å². The summed E-state index contributed by atoms with van der Waals surface area (Å²) in [6, 6.07) is 3.58. The van der Waals surface area contributed by atoms with Crippen molar-refractivity contribution in [2.45, 2.75) is 26.2 Å². The van der Waals surface area contributed by atoms with E-state index in [0.29, 0.717) is 29.4 Å². The minimum absolute atomic E-state index is 0.0697. The molecule has 1 aliphatic heterocycles. The number of fused-ring (bicyclic) bond motifs is 1. The minimum Gasteiger partial charge on any atom is -0.449 e. The highest BCUT2D eigenvalue weighted by molar-refractivity contribution is 5.96. The lowest BCUT2D eigenvalue weighted by Crippen LogP contribution is -2.40. The Morgan fingerprint density at radius 1 is 1.33 bits per heavy atom. The molecule has 0 aromatic carbocycles. The first-order valence-electron chi connectivity index (χ1n) is 10.4. The Labute approximate surface area is 174 Å². The van der Waals surface area contributed by atoms with E-state index in [1.807, 2.05) is 24.9 Å². The second kappa shape index (κ2) is 6.97. The van der Waals surface area contributed by atoms with Gasteiger partial charge in [-0.3, -0.25) is 19.3 Å². The van der Waals surface area contributed by atoms with Gasteiger partial charge in [0.15, 0.2) is 11.3 Å². The molecule has 0 bridgehead atoms. The molecule has 1 aliphatic carbocycles. The molecular weight excluding hydrogens is 382 g/mol. The van der Waals surface area contributed by atoms with E-state index in [0.717, 1.165) is 43.4 Å². The van der Waals surface area contributed by atoms with Crippen molar-refractivity contribution in [2.24, 2.45) is 18.4 Å². The van der Waals surface area contributed by atoms with Gasteiger partial charge >= 0.3 is 0 Å². The summed E-state index contributed by atoms with van der Waals surface area (Å²) in [5, 5.41) is 8.17. The first-order valence-corrected chi connectivity index (χ1v) is 10.4. The quantitative estimate of drug-likeness (QED) is 0.717. The van der Waals surface area contributed by atoms with Gasteiger partial charge in [-0.25, -0.2) is 0 Å². The summed E-state index contributed by atoms with van der Waals surface area (Å²) >= 11 is 0. The van der Waals surface area contributed by atoms with E-state index in [9.17, 15) is 9.59 Å². The predicted molar refractivity (Wildman–Crippen MR) is 110 cm³/mol. The fourth-order valence-corrected chi connectivity index (χ4v) is 4.77. The van der Waals surface area contributed by atoms with Crippen LogP contribution in [0.1, 0.15) is 45.9 Å². The number of likely N-dealkylation sites (tertiary alicyclic amines) is 1. The number of carbonyl (C=O) groups is 2. The third-order valence-corrected chi connectivity index (χ3v) is 6.70. The number of rotatable bonds is 4. The summed E-state index contributed by atoms with van der Waals surface area (Å²) in [4.78, 5) is 31.2. The van der Waals surface area contributed by atoms with Gasteiger partial charge in [0.2, 0.25) is 0 Å². The lowest BCUT2D eigenvalue weighted by Gasteiger charge is -2.33. The number of nitrogens with one attached hydrogen (secondary N) is 1. The first kappa shape index (κ1) is 18.8. The second-order valence-corrected chi connectivity index (χ2v) is 8.59. The van der Waals surface area contributed by atoms with Gasteiger partial charge in [-0.05, 0) is 49.7 Å². The maximum absolute atomic E-state index is 12.8. The van der Waals surface area contributed by atoms with Gasteiger partial charge in [0, 0.05) is 44.5 Å². The molecule has 2 amide bonds. The van der Waals surface area contributed by atoms with Gasteiger partial charge in [-0.15, -0.1) is 0 Å². The van der Waals surface area contributed by atoms with Crippen molar-refractivity contribution in [1.82, 2.24) is 25.0 Å². The SMILES string of the molecule is Cc1nn(C)cc1C(=O)N1CCC2(CC1)CC2CNC(=O)c1cc2ccncc2o1. The van der Waals surface area contributed by atoms with Crippen LogP contribution in [0.4, 0.5) is 0 Å². The number of hydrogen-bond donors (Lipinski definition) is 1. The zero-order chi connectivity index (χ0) is 20.9. The van der Waals surface area contributed by atoms with Crippen LogP contribution >= 0.6 is 0 Å². The molecule has 8 nitrogen and oxygen atoms in total. The standard InChI is InChI=1S/C22H25N5O3/c1-14-17(13-26(2)25-14)21(29)27-7-4-22(5-8-27)10-16(22)11-24-20(28)18-9-15-3-6-23-12-19(15)30-18/h3,6,9,12-13,16H,4-5,7-8,10-11H2,1-2H3,(H,24,28). The molecule has 2 aliphatic rings. The number of furan rings is 1. The lowest BCUT2D eigenvalue weighted by molar-refractivity contribution is 0.0668. The van der Waals surface area contributed by atoms with Crippen LogP contribution in [0.15, 0.2) is 35.1 Å². The summed E-state index contributed by atoms with van der Waals surface area (Å²) < 4.78 is 7.27. The van der Waals surface area contributed by atoms with Gasteiger partial charge in [0.25, 0.3) is 11.8 Å². The van der Waals surface area contributed by atoms with Crippen LogP contribution in [-0.2, 0) is 7.05 Å². The number of carbonyl (C=O) groups excluding carboxylic acids is 2. The van der Waals surface area contributed by atoms with E-state index in [1.165, 1.54) is 0 Å². The summed E-state index contributed by atoms with van der Waals surface area (Å²) in [6.07, 6.45) is 8.16. The number of hydrogen-bond acceptors (Lipinski definition) is 5. The largest absolute Gasteiger partial charge is 0.449 e. The molecule has 3 aromatic rings. The van der Waals surface area contributed by atoms with Crippen LogP contribution in [0.3, 0.4) is 0 Å². The molecule has 1 saturated heterocycles. The molecule has 1 atom stereocenters. The van der Waals surface area contributed by atoms with E-state index in [-0.39, 0.29) is 17.2 Å². The van der Waals surface area contributed by atoms with Crippen molar-refractivity contribution in [3.63, 3.8) is 0 Å². The van der Waals surface area contributed by atoms with Crippen LogP contribution in [0.25, 0.3) is 11.0 Å². The molecule has 8 heteroatoms. The number of amides is 2. The molecule has 0 radical (unpaired) electrons. The second-order valence-electron chi connectivity index (χ2n) is 8.59. The van der Waals surface area contributed by atoms with E-state index in [1.54, 1.807) is 29.3 Å². The molecule has 5 rings (SSSR count). The highest BCUT2D eigenvalue weighted by Crippen LogP contribution is 2.59. The van der Waals surface area contributed by atoms with Crippen LogP contribution in [0.2, 0.25) is 0 Å². The van der Waals surface area contributed by atoms with Crippen LogP contribution < -0.4 is 5.32 Å². The highest BCUT2D eigenvalue weighted by atomic mass is 16.3. The Kier molecular flexibility index (Phi) is 4.38. The molecule has 1 N–H and O–H groups in total. The van der Waals surface area contributed by atoms with Crippen molar-refractivity contribution >= 4 is 22.8 Å². The van der Waals surface area contributed by atoms with E-state index < -0.39 is 0 Å². The van der Waals surface area contributed by atoms with Gasteiger partial charge in [0.05, 0.1) is 17.5 Å². The molecule has 156 valence electrons. The predicted octanol–water partition coefficient (Wildman–Crippen LogP) is 2.54. The molecule has 3 aromatic heterocycles. The molecule has 30 heavy (non-hydrogen) atoms. The zero-order valence-corrected chi connectivity index (χ0v) is 17.2. The smallest absolute Gasteiger partial charge is 0.287 e. The molecule has 2 fully saturated rings. The fraction of sp³-hybridized carbons (Fsp3) is 0.455. The molecule has 1 unspecified atom stereocenters. The monoisotopic (exact) mass is 407 g/mol. The number of piperidine rings is 1. The molecule has 1 saturated carbocycles. The molecule has 4 heterocycles. The van der Waals surface area contributed by atoms with Crippen molar-refractivity contribution in [3.05, 3.63) is 47.7 Å². The van der Waals surface area contributed by atoms with Crippen molar-refractivity contribution in [3.8, 4) is 0 Å². The van der Waals surface area contributed by atoms with Gasteiger partial charge in [0.1, 0.15) is 0 Å². The number of pyridine rings is 1. The number of aryl methyl sites for hydroxylation is 2. The van der Waals surface area contributed by atoms with Gasteiger partial charge in [-0.1, -0.05) is 0 Å². The summed E-state index contributed by atoms with van der Waals surface area (Å²) in [6.45, 7) is 4.03. The summed E-state index contributed by atoms with van der Waals surface area (Å²) in [5.74, 6) is 0.665. The Morgan fingerprint density at radius 2 is 2.13 bits per heavy atom. The first-order chi connectivity index (χ1) is 14.4. The zero-order valence-electron chi connectivity index (χ0n) is 17.2. The maximum Gasteiger partial charge on any atom is 0.287 e. The third-order valence-electron chi connectivity index (χ3n) is 6.70. The van der Waals surface area contributed by atoms with Gasteiger partial charge < -0.3 is 14.6 Å². The lowest BCUT2D eigenvalue weighted by atomic mass is 9.90. The summed E-state index contributed by atoms with van der Waals surface area (Å²) in [5.41, 5.74) is 2.34.